The molecule has 0 saturated carbocycles. The van der Waals surface area contributed by atoms with E-state index in [1.165, 1.54) is 77.2 Å². The zero-order chi connectivity index (χ0) is 38.0. The highest BCUT2D eigenvalue weighted by atomic mass is 15.1. The predicted octanol–water partition coefficient (Wildman–Crippen LogP) is 15.8. The van der Waals surface area contributed by atoms with E-state index in [4.69, 9.17) is 0 Å². The van der Waals surface area contributed by atoms with Gasteiger partial charge in [-0.1, -0.05) is 200 Å². The lowest BCUT2D eigenvalue weighted by atomic mass is 9.85. The maximum Gasteiger partial charge on any atom is 0.0546 e. The Morgan fingerprint density at radius 2 is 0.684 bits per heavy atom. The third-order valence-corrected chi connectivity index (χ3v) is 11.1. The van der Waals surface area contributed by atoms with Crippen molar-refractivity contribution in [1.29, 1.82) is 0 Å². The number of rotatable bonds is 8. The minimum absolute atomic E-state index is 1.08. The van der Waals surface area contributed by atoms with Crippen molar-refractivity contribution in [2.75, 3.05) is 4.90 Å². The van der Waals surface area contributed by atoms with E-state index in [1.54, 1.807) is 0 Å². The van der Waals surface area contributed by atoms with Crippen molar-refractivity contribution in [2.24, 2.45) is 0 Å². The van der Waals surface area contributed by atoms with Gasteiger partial charge in [-0.05, 0) is 108 Å². The van der Waals surface area contributed by atoms with Gasteiger partial charge in [0.15, 0.2) is 0 Å². The highest BCUT2D eigenvalue weighted by Gasteiger charge is 2.24. The molecule has 0 aliphatic heterocycles. The SMILES string of the molecule is c1ccc(-c2ccc(N(c3ccc(-c4ccccc4)cc3)c3cccc(-c4cc5ccccc5c5ccccc45)c3-c3ccccc3-c3ccccc3)cc2)cc1. The molecule has 0 radical (unpaired) electrons. The molecule has 0 fully saturated rings. The van der Waals surface area contributed by atoms with Gasteiger partial charge in [-0.25, -0.2) is 0 Å². The summed E-state index contributed by atoms with van der Waals surface area (Å²) in [4.78, 5) is 2.44. The molecule has 10 aromatic carbocycles. The Balaban J connectivity index is 1.27. The van der Waals surface area contributed by atoms with Crippen molar-refractivity contribution in [1.82, 2.24) is 0 Å². The predicted molar refractivity (Wildman–Crippen MR) is 243 cm³/mol. The van der Waals surface area contributed by atoms with Gasteiger partial charge in [0.1, 0.15) is 0 Å². The van der Waals surface area contributed by atoms with Crippen LogP contribution < -0.4 is 4.90 Å². The standard InChI is InChI=1S/C56H39N/c1-4-17-40(18-5-1)42-31-35-46(36-32-42)57(47-37-33-43(34-38-47)41-19-6-2-7-20-41)55-30-16-29-53(56(55)52-28-15-12-24-48(52)44-21-8-3-9-22-44)54-39-45-23-10-11-25-49(45)50-26-13-14-27-51(50)54/h1-39H. The number of anilines is 3. The lowest BCUT2D eigenvalue weighted by Crippen LogP contribution is -2.12. The number of nitrogens with zero attached hydrogens (tertiary/aromatic N) is 1. The Morgan fingerprint density at radius 1 is 0.246 bits per heavy atom. The molecular formula is C56H39N. The molecule has 10 aromatic rings. The molecule has 0 aliphatic carbocycles. The Hall–Kier alpha value is -7.48. The van der Waals surface area contributed by atoms with Crippen LogP contribution in [0.25, 0.3) is 77.2 Å². The molecule has 0 spiro atoms. The first-order chi connectivity index (χ1) is 28.3. The van der Waals surface area contributed by atoms with Crippen molar-refractivity contribution in [3.8, 4) is 55.6 Å². The van der Waals surface area contributed by atoms with E-state index in [0.29, 0.717) is 0 Å². The fraction of sp³-hybridized carbons (Fsp3) is 0. The summed E-state index contributed by atoms with van der Waals surface area (Å²) < 4.78 is 0. The zero-order valence-electron chi connectivity index (χ0n) is 31.5. The fourth-order valence-corrected chi connectivity index (χ4v) is 8.38. The average molecular weight is 726 g/mol. The van der Waals surface area contributed by atoms with Gasteiger partial charge in [0.05, 0.1) is 5.69 Å². The van der Waals surface area contributed by atoms with E-state index in [0.717, 1.165) is 17.1 Å². The number of fused-ring (bicyclic) bond motifs is 3. The van der Waals surface area contributed by atoms with Crippen molar-refractivity contribution >= 4 is 38.6 Å². The molecule has 1 heteroatoms. The molecule has 10 rings (SSSR count). The molecule has 0 unspecified atom stereocenters. The van der Waals surface area contributed by atoms with E-state index in [9.17, 15) is 0 Å². The van der Waals surface area contributed by atoms with Crippen LogP contribution in [-0.4, -0.2) is 0 Å². The van der Waals surface area contributed by atoms with E-state index in [-0.39, 0.29) is 0 Å². The highest BCUT2D eigenvalue weighted by molar-refractivity contribution is 6.16. The summed E-state index contributed by atoms with van der Waals surface area (Å²) in [5.74, 6) is 0. The van der Waals surface area contributed by atoms with Gasteiger partial charge in [-0.3, -0.25) is 0 Å². The molecule has 0 amide bonds. The van der Waals surface area contributed by atoms with E-state index in [1.807, 2.05) is 0 Å². The maximum absolute atomic E-state index is 2.44. The molecule has 1 nitrogen and oxygen atoms in total. The van der Waals surface area contributed by atoms with Gasteiger partial charge in [-0.15, -0.1) is 0 Å². The topological polar surface area (TPSA) is 3.24 Å². The summed E-state index contributed by atoms with van der Waals surface area (Å²) in [6.45, 7) is 0. The normalized spacial score (nSPS) is 11.2. The Labute approximate surface area is 334 Å². The van der Waals surface area contributed by atoms with Gasteiger partial charge >= 0.3 is 0 Å². The van der Waals surface area contributed by atoms with E-state index < -0.39 is 0 Å². The van der Waals surface area contributed by atoms with Gasteiger partial charge in [-0.2, -0.15) is 0 Å². The van der Waals surface area contributed by atoms with Gasteiger partial charge in [0.25, 0.3) is 0 Å². The highest BCUT2D eigenvalue weighted by Crippen LogP contribution is 2.50. The maximum atomic E-state index is 2.44. The van der Waals surface area contributed by atoms with E-state index in [2.05, 4.69) is 241 Å². The monoisotopic (exact) mass is 725 g/mol. The van der Waals surface area contributed by atoms with Crippen LogP contribution in [0.3, 0.4) is 0 Å². The molecule has 0 bridgehead atoms. The number of hydrogen-bond donors (Lipinski definition) is 0. The lowest BCUT2D eigenvalue weighted by Gasteiger charge is -2.30. The first-order valence-electron chi connectivity index (χ1n) is 19.6. The van der Waals surface area contributed by atoms with Crippen LogP contribution >= 0.6 is 0 Å². The number of benzene rings is 10. The lowest BCUT2D eigenvalue weighted by molar-refractivity contribution is 1.28. The summed E-state index contributed by atoms with van der Waals surface area (Å²) >= 11 is 0. The summed E-state index contributed by atoms with van der Waals surface area (Å²) in [5, 5.41) is 4.97. The largest absolute Gasteiger partial charge is 0.310 e. The average Bonchev–Trinajstić information content (AvgIpc) is 3.30. The third-order valence-electron chi connectivity index (χ3n) is 11.1. The van der Waals surface area contributed by atoms with Crippen LogP contribution in [0.4, 0.5) is 17.1 Å². The third kappa shape index (κ3) is 6.46. The van der Waals surface area contributed by atoms with Crippen LogP contribution in [-0.2, 0) is 0 Å². The molecular weight excluding hydrogens is 687 g/mol. The molecule has 0 aromatic heterocycles. The minimum atomic E-state index is 1.08. The Morgan fingerprint density at radius 3 is 1.28 bits per heavy atom. The van der Waals surface area contributed by atoms with Crippen molar-refractivity contribution in [2.45, 2.75) is 0 Å². The van der Waals surface area contributed by atoms with Crippen molar-refractivity contribution in [3.05, 3.63) is 237 Å². The van der Waals surface area contributed by atoms with Crippen LogP contribution in [0.15, 0.2) is 237 Å². The van der Waals surface area contributed by atoms with Crippen molar-refractivity contribution in [3.63, 3.8) is 0 Å². The fourth-order valence-electron chi connectivity index (χ4n) is 8.38. The first kappa shape index (κ1) is 34.0. The molecule has 0 aliphatic rings. The molecule has 0 saturated heterocycles. The van der Waals surface area contributed by atoms with E-state index >= 15 is 0 Å². The van der Waals surface area contributed by atoms with Gasteiger partial charge < -0.3 is 4.90 Å². The van der Waals surface area contributed by atoms with Gasteiger partial charge in [0, 0.05) is 16.9 Å². The minimum Gasteiger partial charge on any atom is -0.310 e. The number of hydrogen-bond acceptors (Lipinski definition) is 1. The Bertz CT molecular complexity index is 2890. The van der Waals surface area contributed by atoms with Crippen LogP contribution in [0.1, 0.15) is 0 Å². The molecule has 0 heterocycles. The van der Waals surface area contributed by atoms with Crippen molar-refractivity contribution < 1.29 is 0 Å². The molecule has 0 N–H and O–H groups in total. The molecule has 0 atom stereocenters. The van der Waals surface area contributed by atoms with Crippen LogP contribution in [0.5, 0.6) is 0 Å². The summed E-state index contributed by atoms with van der Waals surface area (Å²) in [6, 6.07) is 85.8. The van der Waals surface area contributed by atoms with Gasteiger partial charge in [0.2, 0.25) is 0 Å². The van der Waals surface area contributed by atoms with Crippen LogP contribution in [0.2, 0.25) is 0 Å². The summed E-state index contributed by atoms with van der Waals surface area (Å²) in [6.07, 6.45) is 0. The first-order valence-corrected chi connectivity index (χ1v) is 19.6. The molecule has 268 valence electrons. The second-order valence-electron chi connectivity index (χ2n) is 14.5. The quantitative estimate of drug-likeness (QED) is 0.141. The smallest absolute Gasteiger partial charge is 0.0546 e. The van der Waals surface area contributed by atoms with Crippen LogP contribution in [0, 0.1) is 0 Å². The Kier molecular flexibility index (Phi) is 8.95. The second-order valence-corrected chi connectivity index (χ2v) is 14.5. The second kappa shape index (κ2) is 15.0. The zero-order valence-corrected chi connectivity index (χ0v) is 31.5. The summed E-state index contributed by atoms with van der Waals surface area (Å²) in [7, 11) is 0. The molecule has 57 heavy (non-hydrogen) atoms. The summed E-state index contributed by atoms with van der Waals surface area (Å²) in [5.41, 5.74) is 15.2.